The molecular formula is C9H18F3NO2. The van der Waals surface area contributed by atoms with Gasteiger partial charge in [-0.05, 0) is 13.3 Å². The highest BCUT2D eigenvalue weighted by molar-refractivity contribution is 5.70. The molecular weight excluding hydrogens is 211 g/mol. The molecule has 0 atom stereocenters. The molecule has 0 spiro atoms. The van der Waals surface area contributed by atoms with Gasteiger partial charge in [-0.1, -0.05) is 6.92 Å². The van der Waals surface area contributed by atoms with E-state index in [-0.39, 0.29) is 0 Å². The van der Waals surface area contributed by atoms with Crippen molar-refractivity contribution in [2.24, 2.45) is 0 Å². The Hall–Kier alpha value is -0.780. The summed E-state index contributed by atoms with van der Waals surface area (Å²) in [6, 6.07) is 0. The van der Waals surface area contributed by atoms with E-state index in [4.69, 9.17) is 9.90 Å². The largest absolute Gasteiger partial charge is 0.542 e. The Bertz CT molecular complexity index is 190. The molecule has 0 unspecified atom stereocenters. The molecule has 15 heavy (non-hydrogen) atoms. The van der Waals surface area contributed by atoms with Gasteiger partial charge in [-0.3, -0.25) is 0 Å². The van der Waals surface area contributed by atoms with Crippen LogP contribution in [-0.4, -0.2) is 43.8 Å². The zero-order chi connectivity index (χ0) is 12.7. The number of hydrogen-bond acceptors (Lipinski definition) is 2. The van der Waals surface area contributed by atoms with Crippen molar-refractivity contribution < 1.29 is 27.6 Å². The fourth-order valence-corrected chi connectivity index (χ4v) is 0.763. The van der Waals surface area contributed by atoms with Crippen LogP contribution < -0.4 is 5.11 Å². The van der Waals surface area contributed by atoms with Crippen molar-refractivity contribution in [1.29, 1.82) is 0 Å². The lowest BCUT2D eigenvalue weighted by Gasteiger charge is -2.27. The van der Waals surface area contributed by atoms with E-state index in [0.717, 1.165) is 4.48 Å². The van der Waals surface area contributed by atoms with Gasteiger partial charge in [0.2, 0.25) is 0 Å². The number of nitrogens with zero attached hydrogens (tertiary/aromatic N) is 1. The van der Waals surface area contributed by atoms with E-state index in [1.165, 1.54) is 19.5 Å². The second-order valence-electron chi connectivity index (χ2n) is 3.76. The molecule has 3 nitrogen and oxygen atoms in total. The Kier molecular flexibility index (Phi) is 7.39. The van der Waals surface area contributed by atoms with Gasteiger partial charge in [-0.15, -0.1) is 0 Å². The van der Waals surface area contributed by atoms with Crippen molar-refractivity contribution in [3.05, 3.63) is 0 Å². The maximum absolute atomic E-state index is 10.5. The SMILES string of the molecule is CCC[N+](C)(C)CC.O=C([O-])C(F)(F)F. The molecule has 92 valence electrons. The van der Waals surface area contributed by atoms with E-state index < -0.39 is 12.1 Å². The van der Waals surface area contributed by atoms with Crippen molar-refractivity contribution >= 4 is 5.97 Å². The normalized spacial score (nSPS) is 11.7. The van der Waals surface area contributed by atoms with Gasteiger partial charge in [-0.25, -0.2) is 0 Å². The quantitative estimate of drug-likeness (QED) is 0.671. The van der Waals surface area contributed by atoms with Crippen LogP contribution in [0.3, 0.4) is 0 Å². The standard InChI is InChI=1S/C7H18N.C2HF3O2/c1-5-7-8(3,4)6-2;3-2(4,5)1(6)7/h5-7H2,1-4H3;(H,6,7)/q+1;/p-1. The first kappa shape index (κ1) is 16.6. The van der Waals surface area contributed by atoms with Crippen LogP contribution in [0.1, 0.15) is 20.3 Å². The molecule has 0 saturated heterocycles. The maximum atomic E-state index is 10.5. The van der Waals surface area contributed by atoms with Crippen molar-refractivity contribution in [3.8, 4) is 0 Å². The maximum Gasteiger partial charge on any atom is 0.430 e. The molecule has 0 rings (SSSR count). The summed E-state index contributed by atoms with van der Waals surface area (Å²) in [6.45, 7) is 7.01. The minimum Gasteiger partial charge on any atom is -0.542 e. The molecule has 0 aliphatic heterocycles. The number of rotatable bonds is 3. The number of hydrogen-bond donors (Lipinski definition) is 0. The summed E-state index contributed by atoms with van der Waals surface area (Å²) in [4.78, 5) is 8.78. The van der Waals surface area contributed by atoms with Crippen LogP contribution in [0.25, 0.3) is 0 Å². The predicted octanol–water partition coefficient (Wildman–Crippen LogP) is 0.791. The summed E-state index contributed by atoms with van der Waals surface area (Å²) in [5, 5.41) is 8.78. The van der Waals surface area contributed by atoms with Crippen LogP contribution in [0.5, 0.6) is 0 Å². The first-order valence-corrected chi connectivity index (χ1v) is 4.67. The fourth-order valence-electron chi connectivity index (χ4n) is 0.763. The Morgan fingerprint density at radius 2 is 1.60 bits per heavy atom. The highest BCUT2D eigenvalue weighted by Crippen LogP contribution is 2.11. The van der Waals surface area contributed by atoms with Crippen LogP contribution in [-0.2, 0) is 4.79 Å². The van der Waals surface area contributed by atoms with E-state index in [9.17, 15) is 13.2 Å². The average molecular weight is 229 g/mol. The average Bonchev–Trinajstić information content (AvgIpc) is 2.03. The predicted molar refractivity (Wildman–Crippen MR) is 48.9 cm³/mol. The van der Waals surface area contributed by atoms with E-state index in [1.807, 2.05) is 0 Å². The number of alkyl halides is 3. The molecule has 0 aromatic heterocycles. The number of carboxylic acids is 1. The third-order valence-electron chi connectivity index (χ3n) is 1.92. The molecule has 0 aliphatic carbocycles. The molecule has 0 amide bonds. The number of quaternary nitrogens is 1. The van der Waals surface area contributed by atoms with Crippen molar-refractivity contribution in [3.63, 3.8) is 0 Å². The lowest BCUT2D eigenvalue weighted by atomic mass is 10.4. The smallest absolute Gasteiger partial charge is 0.430 e. The van der Waals surface area contributed by atoms with Gasteiger partial charge < -0.3 is 14.4 Å². The minimum atomic E-state index is -5.19. The number of carbonyl (C=O) groups excluding carboxylic acids is 1. The van der Waals surface area contributed by atoms with Crippen LogP contribution in [0.2, 0.25) is 0 Å². The molecule has 0 aromatic carbocycles. The Labute approximate surface area is 88.1 Å². The highest BCUT2D eigenvalue weighted by Gasteiger charge is 2.28. The second kappa shape index (κ2) is 6.66. The van der Waals surface area contributed by atoms with Crippen LogP contribution in [0.4, 0.5) is 13.2 Å². The number of carbonyl (C=O) groups is 1. The summed E-state index contributed by atoms with van der Waals surface area (Å²) in [6.07, 6.45) is -3.90. The van der Waals surface area contributed by atoms with Gasteiger partial charge in [0.05, 0.1) is 27.2 Å². The Morgan fingerprint density at radius 1 is 1.27 bits per heavy atom. The van der Waals surface area contributed by atoms with Crippen molar-refractivity contribution in [2.75, 3.05) is 27.2 Å². The molecule has 0 saturated carbocycles. The molecule has 0 bridgehead atoms. The molecule has 6 heteroatoms. The minimum absolute atomic E-state index is 1.16. The van der Waals surface area contributed by atoms with Crippen LogP contribution in [0, 0.1) is 0 Å². The van der Waals surface area contributed by atoms with E-state index in [2.05, 4.69) is 27.9 Å². The lowest BCUT2D eigenvalue weighted by molar-refractivity contribution is -0.888. The highest BCUT2D eigenvalue weighted by atomic mass is 19.4. The zero-order valence-electron chi connectivity index (χ0n) is 9.52. The third kappa shape index (κ3) is 11.1. The Balaban J connectivity index is 0. The van der Waals surface area contributed by atoms with Gasteiger partial charge in [-0.2, -0.15) is 13.2 Å². The summed E-state index contributed by atoms with van der Waals surface area (Å²) >= 11 is 0. The fraction of sp³-hybridized carbons (Fsp3) is 0.889. The van der Waals surface area contributed by atoms with E-state index in [0.29, 0.717) is 0 Å². The number of halogens is 3. The third-order valence-corrected chi connectivity index (χ3v) is 1.92. The molecule has 0 aromatic rings. The van der Waals surface area contributed by atoms with Gasteiger partial charge in [0.15, 0.2) is 0 Å². The van der Waals surface area contributed by atoms with Gasteiger partial charge >= 0.3 is 6.18 Å². The van der Waals surface area contributed by atoms with Gasteiger partial charge in [0.25, 0.3) is 0 Å². The number of carboxylic acid groups (broad SMARTS) is 1. The van der Waals surface area contributed by atoms with E-state index in [1.54, 1.807) is 0 Å². The Morgan fingerprint density at radius 3 is 1.67 bits per heavy atom. The first-order chi connectivity index (χ1) is 6.56. The van der Waals surface area contributed by atoms with Crippen molar-refractivity contribution in [2.45, 2.75) is 26.4 Å². The van der Waals surface area contributed by atoms with Crippen LogP contribution in [0.15, 0.2) is 0 Å². The van der Waals surface area contributed by atoms with Crippen molar-refractivity contribution in [1.82, 2.24) is 0 Å². The lowest BCUT2D eigenvalue weighted by Crippen LogP contribution is -2.39. The monoisotopic (exact) mass is 229 g/mol. The zero-order valence-corrected chi connectivity index (χ0v) is 9.52. The summed E-state index contributed by atoms with van der Waals surface area (Å²) in [5.41, 5.74) is 0. The summed E-state index contributed by atoms with van der Waals surface area (Å²) < 4.78 is 32.7. The van der Waals surface area contributed by atoms with E-state index >= 15 is 0 Å². The van der Waals surface area contributed by atoms with Gasteiger partial charge in [0, 0.05) is 0 Å². The number of aliphatic carboxylic acids is 1. The summed E-state index contributed by atoms with van der Waals surface area (Å²) in [7, 11) is 4.53. The second-order valence-corrected chi connectivity index (χ2v) is 3.76. The molecule has 0 N–H and O–H groups in total. The topological polar surface area (TPSA) is 40.1 Å². The van der Waals surface area contributed by atoms with Crippen LogP contribution >= 0.6 is 0 Å². The summed E-state index contributed by atoms with van der Waals surface area (Å²) in [5.74, 6) is -3.01. The molecule has 0 heterocycles. The van der Waals surface area contributed by atoms with Gasteiger partial charge in [0.1, 0.15) is 5.97 Å². The molecule has 0 radical (unpaired) electrons. The molecule has 0 fully saturated rings. The molecule has 0 aliphatic rings. The first-order valence-electron chi connectivity index (χ1n) is 4.67.